The summed E-state index contributed by atoms with van der Waals surface area (Å²) in [6, 6.07) is 18.5. The molecule has 148 valence electrons. The fraction of sp³-hybridized carbons (Fsp3) is 0.217. The van der Waals surface area contributed by atoms with Gasteiger partial charge >= 0.3 is 5.97 Å². The van der Waals surface area contributed by atoms with Crippen molar-refractivity contribution in [1.82, 2.24) is 0 Å². The van der Waals surface area contributed by atoms with Gasteiger partial charge in [-0.3, -0.25) is 4.79 Å². The third-order valence-corrected chi connectivity index (χ3v) is 3.97. The number of carbonyl (C=O) groups is 2. The molecule has 0 unspecified atom stereocenters. The SMILES string of the molecule is COC(=O)/C(=N/N=C(c1ccccc1)c1ccccc1)C(=C=O)C(=O)C(C)(C)C. The zero-order valence-corrected chi connectivity index (χ0v) is 16.8. The average Bonchev–Trinajstić information content (AvgIpc) is 2.73. The van der Waals surface area contributed by atoms with Gasteiger partial charge < -0.3 is 4.74 Å². The molecule has 2 aromatic carbocycles. The minimum Gasteiger partial charge on any atom is -0.464 e. The molecule has 2 rings (SSSR count). The Morgan fingerprint density at radius 1 is 0.862 bits per heavy atom. The van der Waals surface area contributed by atoms with Crippen molar-refractivity contribution in [2.75, 3.05) is 7.11 Å². The van der Waals surface area contributed by atoms with Crippen LogP contribution >= 0.6 is 0 Å². The van der Waals surface area contributed by atoms with Gasteiger partial charge in [-0.25, -0.2) is 9.59 Å². The molecule has 0 amide bonds. The van der Waals surface area contributed by atoms with Crippen molar-refractivity contribution < 1.29 is 19.1 Å². The third kappa shape index (κ3) is 5.43. The highest BCUT2D eigenvalue weighted by molar-refractivity contribution is 6.52. The van der Waals surface area contributed by atoms with E-state index in [1.54, 1.807) is 26.7 Å². The maximum Gasteiger partial charge on any atom is 0.360 e. The van der Waals surface area contributed by atoms with Gasteiger partial charge in [-0.1, -0.05) is 81.4 Å². The van der Waals surface area contributed by atoms with Gasteiger partial charge in [0.1, 0.15) is 17.2 Å². The molecular formula is C23H22N2O4. The van der Waals surface area contributed by atoms with E-state index < -0.39 is 28.5 Å². The number of carbonyl (C=O) groups excluding carboxylic acids is 3. The van der Waals surface area contributed by atoms with Crippen LogP contribution in [0.2, 0.25) is 0 Å². The van der Waals surface area contributed by atoms with E-state index in [-0.39, 0.29) is 0 Å². The van der Waals surface area contributed by atoms with Gasteiger partial charge in [0.15, 0.2) is 11.5 Å². The number of esters is 1. The van der Waals surface area contributed by atoms with Crippen LogP contribution in [0.25, 0.3) is 0 Å². The van der Waals surface area contributed by atoms with E-state index in [1.165, 1.54) is 0 Å². The maximum absolute atomic E-state index is 12.6. The lowest BCUT2D eigenvalue weighted by Gasteiger charge is -2.16. The number of hydrogen-bond donors (Lipinski definition) is 0. The van der Waals surface area contributed by atoms with Gasteiger partial charge in [0.25, 0.3) is 0 Å². The molecule has 0 atom stereocenters. The minimum absolute atomic E-state index is 0.473. The fourth-order valence-corrected chi connectivity index (χ4v) is 2.44. The lowest BCUT2D eigenvalue weighted by Crippen LogP contribution is -2.31. The van der Waals surface area contributed by atoms with Crippen LogP contribution in [-0.4, -0.2) is 36.2 Å². The first-order valence-electron chi connectivity index (χ1n) is 8.94. The van der Waals surface area contributed by atoms with Gasteiger partial charge in [-0.2, -0.15) is 0 Å². The summed E-state index contributed by atoms with van der Waals surface area (Å²) >= 11 is 0. The number of nitrogens with zero attached hydrogens (tertiary/aromatic N) is 2. The summed E-state index contributed by atoms with van der Waals surface area (Å²) in [6.45, 7) is 4.89. The second kappa shape index (κ2) is 9.53. The summed E-state index contributed by atoms with van der Waals surface area (Å²) in [5.74, 6) is 0.0275. The zero-order chi connectivity index (χ0) is 21.4. The van der Waals surface area contributed by atoms with E-state index in [9.17, 15) is 14.4 Å². The Bertz CT molecular complexity index is 953. The third-order valence-electron chi connectivity index (χ3n) is 3.97. The summed E-state index contributed by atoms with van der Waals surface area (Å²) in [7, 11) is 1.14. The topological polar surface area (TPSA) is 85.2 Å². The molecule has 29 heavy (non-hydrogen) atoms. The van der Waals surface area contributed by atoms with Crippen molar-refractivity contribution in [1.29, 1.82) is 0 Å². The Labute approximate surface area is 169 Å². The predicted molar refractivity (Wildman–Crippen MR) is 112 cm³/mol. The first-order valence-corrected chi connectivity index (χ1v) is 8.94. The van der Waals surface area contributed by atoms with E-state index in [4.69, 9.17) is 4.74 Å². The van der Waals surface area contributed by atoms with Gasteiger partial charge in [-0.15, -0.1) is 10.2 Å². The van der Waals surface area contributed by atoms with Crippen molar-refractivity contribution in [2.45, 2.75) is 20.8 Å². The summed E-state index contributed by atoms with van der Waals surface area (Å²) in [5.41, 5.74) is 0.102. The lowest BCUT2D eigenvalue weighted by atomic mass is 9.85. The summed E-state index contributed by atoms with van der Waals surface area (Å²) in [6.07, 6.45) is 0. The Morgan fingerprint density at radius 3 is 1.72 bits per heavy atom. The van der Waals surface area contributed by atoms with Crippen LogP contribution in [0.5, 0.6) is 0 Å². The molecule has 0 aromatic heterocycles. The molecule has 6 nitrogen and oxygen atoms in total. The summed E-state index contributed by atoms with van der Waals surface area (Å²) in [5, 5.41) is 8.18. The molecule has 0 fully saturated rings. The second-order valence-electron chi connectivity index (χ2n) is 7.18. The van der Waals surface area contributed by atoms with Crippen molar-refractivity contribution in [3.05, 3.63) is 77.4 Å². The molecule has 0 saturated heterocycles. The molecule has 0 aliphatic carbocycles. The molecule has 0 saturated carbocycles. The second-order valence-corrected chi connectivity index (χ2v) is 7.18. The summed E-state index contributed by atoms with van der Waals surface area (Å²) in [4.78, 5) is 36.4. The van der Waals surface area contributed by atoms with Crippen LogP contribution < -0.4 is 0 Å². The Balaban J connectivity index is 2.66. The highest BCUT2D eigenvalue weighted by Crippen LogP contribution is 2.20. The van der Waals surface area contributed by atoms with Crippen LogP contribution in [0, 0.1) is 5.41 Å². The van der Waals surface area contributed by atoms with E-state index >= 15 is 0 Å². The van der Waals surface area contributed by atoms with Crippen LogP contribution in [0.1, 0.15) is 31.9 Å². The van der Waals surface area contributed by atoms with Gasteiger partial charge in [0.05, 0.1) is 7.11 Å². The average molecular weight is 390 g/mol. The smallest absolute Gasteiger partial charge is 0.360 e. The van der Waals surface area contributed by atoms with Crippen molar-refractivity contribution in [2.24, 2.45) is 15.6 Å². The van der Waals surface area contributed by atoms with E-state index in [2.05, 4.69) is 10.2 Å². The summed E-state index contributed by atoms with van der Waals surface area (Å²) < 4.78 is 4.71. The zero-order valence-electron chi connectivity index (χ0n) is 16.8. The van der Waals surface area contributed by atoms with E-state index in [0.29, 0.717) is 5.71 Å². The molecule has 6 heteroatoms. The molecule has 0 N–H and O–H groups in total. The number of ketones is 1. The van der Waals surface area contributed by atoms with Crippen LogP contribution in [0.15, 0.2) is 76.4 Å². The fourth-order valence-electron chi connectivity index (χ4n) is 2.44. The molecule has 0 aliphatic heterocycles. The Kier molecular flexibility index (Phi) is 7.12. The number of Topliss-reactive ketones (excluding diaryl/α,β-unsaturated/α-hetero) is 1. The highest BCUT2D eigenvalue weighted by atomic mass is 16.5. The number of ether oxygens (including phenoxy) is 1. The maximum atomic E-state index is 12.6. The monoisotopic (exact) mass is 390 g/mol. The van der Waals surface area contributed by atoms with E-state index in [1.807, 2.05) is 60.7 Å². The first kappa shape index (κ1) is 21.7. The normalized spacial score (nSPS) is 11.2. The number of rotatable bonds is 6. The molecule has 2 aromatic rings. The van der Waals surface area contributed by atoms with Gasteiger partial charge in [-0.05, 0) is 0 Å². The van der Waals surface area contributed by atoms with Crippen molar-refractivity contribution in [3.8, 4) is 0 Å². The van der Waals surface area contributed by atoms with Crippen LogP contribution in [0.3, 0.4) is 0 Å². The van der Waals surface area contributed by atoms with E-state index in [0.717, 1.165) is 18.2 Å². The Morgan fingerprint density at radius 2 is 1.34 bits per heavy atom. The van der Waals surface area contributed by atoms with Gasteiger partial charge in [0, 0.05) is 16.5 Å². The molecule has 0 radical (unpaired) electrons. The highest BCUT2D eigenvalue weighted by Gasteiger charge is 2.33. The predicted octanol–water partition coefficient (Wildman–Crippen LogP) is 3.43. The number of hydrogen-bond acceptors (Lipinski definition) is 6. The van der Waals surface area contributed by atoms with Crippen LogP contribution in [-0.2, 0) is 19.1 Å². The first-order chi connectivity index (χ1) is 13.8. The quantitative estimate of drug-likeness (QED) is 0.249. The van der Waals surface area contributed by atoms with Crippen molar-refractivity contribution in [3.63, 3.8) is 0 Å². The number of benzene rings is 2. The Hall–Kier alpha value is -3.63. The molecule has 0 spiro atoms. The van der Waals surface area contributed by atoms with Gasteiger partial charge in [0.2, 0.25) is 0 Å². The lowest BCUT2D eigenvalue weighted by molar-refractivity contribution is -0.133. The standard InChI is InChI=1S/C23H22N2O4/c1-23(2,3)21(27)18(15-26)20(22(28)29-4)25-24-19(16-11-7-5-8-12-16)17-13-9-6-10-14-17/h5-14H,1-4H3/b25-20+. The molecule has 0 heterocycles. The minimum atomic E-state index is -0.940. The van der Waals surface area contributed by atoms with Crippen molar-refractivity contribution >= 4 is 29.1 Å². The molecule has 0 aliphatic rings. The number of methoxy groups -OCH3 is 1. The molecule has 0 bridgehead atoms. The molecular weight excluding hydrogens is 368 g/mol. The largest absolute Gasteiger partial charge is 0.464 e. The van der Waals surface area contributed by atoms with Crippen LogP contribution in [0.4, 0.5) is 0 Å².